The summed E-state index contributed by atoms with van der Waals surface area (Å²) in [6.45, 7) is -1.24. The maximum atomic E-state index is 11.9. The molecule has 1 N–H and O–H groups in total. The summed E-state index contributed by atoms with van der Waals surface area (Å²) < 4.78 is 40.1. The Bertz CT molecular complexity index is 409. The molecule has 1 rings (SSSR count). The zero-order valence-electron chi connectivity index (χ0n) is 10.8. The third kappa shape index (κ3) is 6.98. The summed E-state index contributed by atoms with van der Waals surface area (Å²) in [7, 11) is 0. The molecular formula is C13H16F3NO3. The number of para-hydroxylation sites is 1. The van der Waals surface area contributed by atoms with Gasteiger partial charge in [0, 0.05) is 18.8 Å². The summed E-state index contributed by atoms with van der Waals surface area (Å²) in [4.78, 5) is 12.4. The van der Waals surface area contributed by atoms with E-state index in [0.717, 1.165) is 0 Å². The van der Waals surface area contributed by atoms with E-state index in [1.54, 1.807) is 35.2 Å². The highest BCUT2D eigenvalue weighted by Crippen LogP contribution is 2.15. The van der Waals surface area contributed by atoms with Gasteiger partial charge in [0.2, 0.25) is 0 Å². The molecule has 7 heteroatoms. The van der Waals surface area contributed by atoms with Gasteiger partial charge in [-0.1, -0.05) is 18.2 Å². The minimum absolute atomic E-state index is 0.0670. The summed E-state index contributed by atoms with van der Waals surface area (Å²) >= 11 is 0. The highest BCUT2D eigenvalue weighted by atomic mass is 19.4. The zero-order chi connectivity index (χ0) is 15.0. The molecule has 0 amide bonds. The van der Waals surface area contributed by atoms with Crippen molar-refractivity contribution in [1.82, 2.24) is 0 Å². The van der Waals surface area contributed by atoms with Gasteiger partial charge in [-0.25, -0.2) is 0 Å². The molecule has 4 nitrogen and oxygen atoms in total. The number of rotatable bonds is 8. The first-order valence-corrected chi connectivity index (χ1v) is 6.05. The third-order valence-electron chi connectivity index (χ3n) is 2.43. The fourth-order valence-electron chi connectivity index (χ4n) is 1.65. The van der Waals surface area contributed by atoms with Gasteiger partial charge in [-0.15, -0.1) is 0 Å². The number of hydrogen-bond acceptors (Lipinski definition) is 3. The Kier molecular flexibility index (Phi) is 6.30. The van der Waals surface area contributed by atoms with Gasteiger partial charge in [-0.05, 0) is 18.6 Å². The minimum Gasteiger partial charge on any atom is -0.480 e. The number of aliphatic carboxylic acids is 1. The first-order valence-electron chi connectivity index (χ1n) is 6.05. The van der Waals surface area contributed by atoms with Crippen LogP contribution < -0.4 is 4.90 Å². The summed E-state index contributed by atoms with van der Waals surface area (Å²) in [5.41, 5.74) is 0.714. The normalized spacial score (nSPS) is 11.3. The summed E-state index contributed by atoms with van der Waals surface area (Å²) in [5.74, 6) is -0.995. The summed E-state index contributed by atoms with van der Waals surface area (Å²) in [6.07, 6.45) is -4.02. The Balaban J connectivity index is 2.40. The standard InChI is InChI=1S/C13H16F3NO3/c14-13(15,16)10-20-8-4-7-17(9-12(18)19)11-5-2-1-3-6-11/h1-3,5-6H,4,7-10H2,(H,18,19). The van der Waals surface area contributed by atoms with Crippen molar-refractivity contribution in [3.8, 4) is 0 Å². The maximum absolute atomic E-state index is 11.9. The quantitative estimate of drug-likeness (QED) is 0.748. The summed E-state index contributed by atoms with van der Waals surface area (Å²) in [5, 5.41) is 8.83. The number of alkyl halides is 3. The molecule has 0 aromatic heterocycles. The van der Waals surface area contributed by atoms with Crippen molar-refractivity contribution < 1.29 is 27.8 Å². The fourth-order valence-corrected chi connectivity index (χ4v) is 1.65. The van der Waals surface area contributed by atoms with Crippen molar-refractivity contribution in [2.24, 2.45) is 0 Å². The molecule has 0 aliphatic carbocycles. The molecule has 0 fully saturated rings. The molecule has 1 aromatic carbocycles. The van der Waals surface area contributed by atoms with Crippen LogP contribution in [0.2, 0.25) is 0 Å². The second-order valence-electron chi connectivity index (χ2n) is 4.17. The molecular weight excluding hydrogens is 275 g/mol. The molecule has 0 saturated heterocycles. The molecule has 0 radical (unpaired) electrons. The number of anilines is 1. The Morgan fingerprint density at radius 1 is 1.25 bits per heavy atom. The van der Waals surface area contributed by atoms with Gasteiger partial charge < -0.3 is 14.7 Å². The topological polar surface area (TPSA) is 49.8 Å². The van der Waals surface area contributed by atoms with Gasteiger partial charge in [-0.2, -0.15) is 13.2 Å². The molecule has 0 atom stereocenters. The predicted octanol–water partition coefficient (Wildman–Crippen LogP) is 2.55. The molecule has 20 heavy (non-hydrogen) atoms. The lowest BCUT2D eigenvalue weighted by atomic mass is 10.2. The van der Waals surface area contributed by atoms with Crippen LogP contribution in [0.4, 0.5) is 18.9 Å². The van der Waals surface area contributed by atoms with E-state index in [9.17, 15) is 18.0 Å². The van der Waals surface area contributed by atoms with Gasteiger partial charge in [0.05, 0.1) is 0 Å². The fraction of sp³-hybridized carbons (Fsp3) is 0.462. The number of nitrogens with zero attached hydrogens (tertiary/aromatic N) is 1. The number of halogens is 3. The molecule has 0 bridgehead atoms. The minimum atomic E-state index is -4.33. The predicted molar refractivity (Wildman–Crippen MR) is 67.8 cm³/mol. The average molecular weight is 291 g/mol. The van der Waals surface area contributed by atoms with Crippen molar-refractivity contribution in [3.05, 3.63) is 30.3 Å². The number of ether oxygens (including phenoxy) is 1. The molecule has 0 unspecified atom stereocenters. The van der Waals surface area contributed by atoms with Crippen molar-refractivity contribution in [2.75, 3.05) is 31.2 Å². The van der Waals surface area contributed by atoms with E-state index in [1.165, 1.54) is 0 Å². The van der Waals surface area contributed by atoms with Gasteiger partial charge in [0.25, 0.3) is 0 Å². The largest absolute Gasteiger partial charge is 0.480 e. The second-order valence-corrected chi connectivity index (χ2v) is 4.17. The van der Waals surface area contributed by atoms with Crippen LogP contribution in [-0.2, 0) is 9.53 Å². The highest BCUT2D eigenvalue weighted by molar-refractivity contribution is 5.73. The van der Waals surface area contributed by atoms with Crippen LogP contribution in [0.15, 0.2) is 30.3 Å². The van der Waals surface area contributed by atoms with E-state index in [0.29, 0.717) is 18.7 Å². The summed E-state index contributed by atoms with van der Waals surface area (Å²) in [6, 6.07) is 8.84. The Morgan fingerprint density at radius 3 is 2.45 bits per heavy atom. The van der Waals surface area contributed by atoms with E-state index >= 15 is 0 Å². The molecule has 112 valence electrons. The number of carbonyl (C=O) groups is 1. The zero-order valence-corrected chi connectivity index (χ0v) is 10.8. The van der Waals surface area contributed by atoms with E-state index < -0.39 is 18.8 Å². The molecule has 0 saturated carbocycles. The van der Waals surface area contributed by atoms with E-state index in [-0.39, 0.29) is 13.2 Å². The van der Waals surface area contributed by atoms with Gasteiger partial charge in [0.15, 0.2) is 0 Å². The van der Waals surface area contributed by atoms with Gasteiger partial charge >= 0.3 is 12.1 Å². The average Bonchev–Trinajstić information content (AvgIpc) is 2.36. The van der Waals surface area contributed by atoms with Crippen LogP contribution in [0, 0.1) is 0 Å². The van der Waals surface area contributed by atoms with Crippen LogP contribution in [0.3, 0.4) is 0 Å². The van der Waals surface area contributed by atoms with E-state index in [1.807, 2.05) is 0 Å². The number of carboxylic acid groups (broad SMARTS) is 1. The molecule has 1 aromatic rings. The number of carboxylic acids is 1. The van der Waals surface area contributed by atoms with Gasteiger partial charge in [-0.3, -0.25) is 4.79 Å². The van der Waals surface area contributed by atoms with Crippen molar-refractivity contribution >= 4 is 11.7 Å². The second kappa shape index (κ2) is 7.74. The monoisotopic (exact) mass is 291 g/mol. The molecule has 0 aliphatic rings. The molecule has 0 spiro atoms. The number of hydrogen-bond donors (Lipinski definition) is 1. The Hall–Kier alpha value is -1.76. The smallest absolute Gasteiger partial charge is 0.411 e. The number of benzene rings is 1. The lowest BCUT2D eigenvalue weighted by Gasteiger charge is -2.22. The van der Waals surface area contributed by atoms with E-state index in [2.05, 4.69) is 4.74 Å². The van der Waals surface area contributed by atoms with Crippen molar-refractivity contribution in [1.29, 1.82) is 0 Å². The van der Waals surface area contributed by atoms with Crippen molar-refractivity contribution in [3.63, 3.8) is 0 Å². The molecule has 0 heterocycles. The lowest BCUT2D eigenvalue weighted by molar-refractivity contribution is -0.173. The van der Waals surface area contributed by atoms with Gasteiger partial charge in [0.1, 0.15) is 13.2 Å². The first-order chi connectivity index (χ1) is 9.38. The highest BCUT2D eigenvalue weighted by Gasteiger charge is 2.27. The van der Waals surface area contributed by atoms with Crippen LogP contribution in [-0.4, -0.2) is 43.6 Å². The van der Waals surface area contributed by atoms with Crippen molar-refractivity contribution in [2.45, 2.75) is 12.6 Å². The first kappa shape index (κ1) is 16.3. The van der Waals surface area contributed by atoms with Crippen LogP contribution in [0.25, 0.3) is 0 Å². The Morgan fingerprint density at radius 2 is 1.90 bits per heavy atom. The van der Waals surface area contributed by atoms with E-state index in [4.69, 9.17) is 5.11 Å². The van der Waals surface area contributed by atoms with Crippen LogP contribution in [0.1, 0.15) is 6.42 Å². The SMILES string of the molecule is O=C(O)CN(CCCOCC(F)(F)F)c1ccccc1. The third-order valence-corrected chi connectivity index (χ3v) is 2.43. The maximum Gasteiger partial charge on any atom is 0.411 e. The lowest BCUT2D eigenvalue weighted by Crippen LogP contribution is -2.31. The molecule has 0 aliphatic heterocycles. The van der Waals surface area contributed by atoms with Crippen LogP contribution in [0.5, 0.6) is 0 Å². The Labute approximate surface area is 114 Å². The van der Waals surface area contributed by atoms with Crippen LogP contribution >= 0.6 is 0 Å².